The van der Waals surface area contributed by atoms with Crippen molar-refractivity contribution in [2.45, 2.75) is 32.2 Å². The molecule has 1 N–H and O–H groups in total. The maximum absolute atomic E-state index is 11.3. The van der Waals surface area contributed by atoms with Crippen molar-refractivity contribution in [2.75, 3.05) is 5.01 Å². The second-order valence-corrected chi connectivity index (χ2v) is 6.07. The molecule has 1 heterocycles. The van der Waals surface area contributed by atoms with Crippen molar-refractivity contribution in [2.24, 2.45) is 5.10 Å². The van der Waals surface area contributed by atoms with Gasteiger partial charge in [-0.2, -0.15) is 5.10 Å². The molecule has 1 aliphatic rings. The van der Waals surface area contributed by atoms with Crippen LogP contribution in [0.3, 0.4) is 0 Å². The average Bonchev–Trinajstić information content (AvgIpc) is 3.01. The Morgan fingerprint density at radius 2 is 1.78 bits per heavy atom. The number of hydrazone groups is 1. The van der Waals surface area contributed by atoms with Crippen molar-refractivity contribution in [3.8, 4) is 0 Å². The number of carboxylic acids is 1. The van der Waals surface area contributed by atoms with Crippen LogP contribution in [-0.2, 0) is 4.79 Å². The molecule has 3 rings (SSSR count). The third-order valence-corrected chi connectivity index (χ3v) is 4.17. The first-order valence-electron chi connectivity index (χ1n) is 7.81. The molecule has 2 aromatic rings. The van der Waals surface area contributed by atoms with Crippen molar-refractivity contribution >= 4 is 17.4 Å². The van der Waals surface area contributed by atoms with E-state index in [2.05, 4.69) is 31.1 Å². The summed E-state index contributed by atoms with van der Waals surface area (Å²) >= 11 is 0. The van der Waals surface area contributed by atoms with Gasteiger partial charge in [-0.25, -0.2) is 4.79 Å². The summed E-state index contributed by atoms with van der Waals surface area (Å²) in [5.74, 6) is -0.488. The number of anilines is 1. The van der Waals surface area contributed by atoms with E-state index >= 15 is 0 Å². The lowest BCUT2D eigenvalue weighted by Crippen LogP contribution is -2.18. The van der Waals surface area contributed by atoms with Gasteiger partial charge in [0.1, 0.15) is 5.71 Å². The van der Waals surface area contributed by atoms with E-state index in [-0.39, 0.29) is 11.8 Å². The number of aliphatic carboxylic acids is 1. The Labute approximate surface area is 136 Å². The Hall–Kier alpha value is -2.62. The molecule has 0 amide bonds. The van der Waals surface area contributed by atoms with Gasteiger partial charge in [0, 0.05) is 6.42 Å². The highest BCUT2D eigenvalue weighted by Gasteiger charge is 2.32. The van der Waals surface area contributed by atoms with Gasteiger partial charge in [0.15, 0.2) is 0 Å². The molecule has 0 aromatic heterocycles. The minimum absolute atomic E-state index is 0.0767. The second-order valence-electron chi connectivity index (χ2n) is 6.07. The third kappa shape index (κ3) is 3.11. The fraction of sp³-hybridized carbons (Fsp3) is 0.263. The summed E-state index contributed by atoms with van der Waals surface area (Å²) in [5.41, 5.74) is 3.44. The molecule has 4 heteroatoms. The van der Waals surface area contributed by atoms with Crippen molar-refractivity contribution < 1.29 is 9.90 Å². The Kier molecular flexibility index (Phi) is 4.15. The predicted octanol–water partition coefficient (Wildman–Crippen LogP) is 4.20. The first-order valence-corrected chi connectivity index (χ1v) is 7.81. The zero-order valence-electron chi connectivity index (χ0n) is 13.3. The van der Waals surface area contributed by atoms with E-state index < -0.39 is 5.97 Å². The maximum atomic E-state index is 11.3. The number of rotatable bonds is 4. The molecular formula is C19H20N2O2. The average molecular weight is 308 g/mol. The van der Waals surface area contributed by atoms with E-state index in [1.807, 2.05) is 47.5 Å². The van der Waals surface area contributed by atoms with Gasteiger partial charge < -0.3 is 5.11 Å². The molecule has 0 aliphatic carbocycles. The molecule has 0 bridgehead atoms. The standard InChI is InChI=1S/C19H20N2O2/c1-13(2)14-8-10-16(11-9-14)21-18(12-17(20-21)19(22)23)15-6-4-3-5-7-15/h3-11,13,18H,12H2,1-2H3,(H,22,23)/t18-/m1/s1. The molecule has 23 heavy (non-hydrogen) atoms. The molecule has 0 spiro atoms. The van der Waals surface area contributed by atoms with E-state index in [1.54, 1.807) is 0 Å². The number of hydrogen-bond donors (Lipinski definition) is 1. The first kappa shape index (κ1) is 15.3. The number of nitrogens with zero attached hydrogens (tertiary/aromatic N) is 2. The van der Waals surface area contributed by atoms with Gasteiger partial charge in [0.05, 0.1) is 11.7 Å². The van der Waals surface area contributed by atoms with E-state index in [4.69, 9.17) is 0 Å². The van der Waals surface area contributed by atoms with Crippen LogP contribution in [0.2, 0.25) is 0 Å². The predicted molar refractivity (Wildman–Crippen MR) is 91.9 cm³/mol. The van der Waals surface area contributed by atoms with Crippen LogP contribution >= 0.6 is 0 Å². The third-order valence-electron chi connectivity index (χ3n) is 4.17. The van der Waals surface area contributed by atoms with E-state index in [0.29, 0.717) is 12.3 Å². The van der Waals surface area contributed by atoms with Gasteiger partial charge in [0.2, 0.25) is 0 Å². The Bertz CT molecular complexity index is 721. The Morgan fingerprint density at radius 3 is 2.35 bits per heavy atom. The van der Waals surface area contributed by atoms with E-state index in [0.717, 1.165) is 11.3 Å². The summed E-state index contributed by atoms with van der Waals surface area (Å²) < 4.78 is 0. The molecule has 1 atom stereocenters. The Morgan fingerprint density at radius 1 is 1.13 bits per heavy atom. The monoisotopic (exact) mass is 308 g/mol. The normalized spacial score (nSPS) is 17.4. The van der Waals surface area contributed by atoms with E-state index in [1.165, 1.54) is 5.56 Å². The lowest BCUT2D eigenvalue weighted by molar-refractivity contribution is -0.129. The summed E-state index contributed by atoms with van der Waals surface area (Å²) in [6.07, 6.45) is 0.408. The van der Waals surface area contributed by atoms with Crippen LogP contribution in [0.5, 0.6) is 0 Å². The van der Waals surface area contributed by atoms with Crippen molar-refractivity contribution in [1.29, 1.82) is 0 Å². The van der Waals surface area contributed by atoms with Crippen molar-refractivity contribution in [3.05, 3.63) is 65.7 Å². The van der Waals surface area contributed by atoms with Crippen molar-refractivity contribution in [3.63, 3.8) is 0 Å². The molecule has 0 unspecified atom stereocenters. The smallest absolute Gasteiger partial charge is 0.352 e. The van der Waals surface area contributed by atoms with Gasteiger partial charge in [-0.3, -0.25) is 5.01 Å². The second kappa shape index (κ2) is 6.24. The molecular weight excluding hydrogens is 288 g/mol. The first-order chi connectivity index (χ1) is 11.1. The highest BCUT2D eigenvalue weighted by Crippen LogP contribution is 2.35. The number of hydrogen-bond acceptors (Lipinski definition) is 3. The van der Waals surface area contributed by atoms with Gasteiger partial charge in [-0.1, -0.05) is 56.3 Å². The largest absolute Gasteiger partial charge is 0.477 e. The molecule has 0 saturated carbocycles. The quantitative estimate of drug-likeness (QED) is 0.921. The number of carboxylic acid groups (broad SMARTS) is 1. The highest BCUT2D eigenvalue weighted by molar-refractivity contribution is 6.36. The highest BCUT2D eigenvalue weighted by atomic mass is 16.4. The summed E-state index contributed by atoms with van der Waals surface area (Å²) in [4.78, 5) is 11.3. The van der Waals surface area contributed by atoms with Gasteiger partial charge in [0.25, 0.3) is 0 Å². The van der Waals surface area contributed by atoms with Gasteiger partial charge >= 0.3 is 5.97 Å². The molecule has 0 radical (unpaired) electrons. The summed E-state index contributed by atoms with van der Waals surface area (Å²) in [6.45, 7) is 4.30. The molecule has 118 valence electrons. The maximum Gasteiger partial charge on any atom is 0.352 e. The van der Waals surface area contributed by atoms with E-state index in [9.17, 15) is 9.90 Å². The van der Waals surface area contributed by atoms with Crippen LogP contribution in [0, 0.1) is 0 Å². The molecule has 0 fully saturated rings. The lowest BCUT2D eigenvalue weighted by Gasteiger charge is -2.24. The minimum atomic E-state index is -0.952. The van der Waals surface area contributed by atoms with Gasteiger partial charge in [-0.15, -0.1) is 0 Å². The molecule has 4 nitrogen and oxygen atoms in total. The minimum Gasteiger partial charge on any atom is -0.477 e. The number of carbonyl (C=O) groups is 1. The van der Waals surface area contributed by atoms with Crippen LogP contribution < -0.4 is 5.01 Å². The fourth-order valence-electron chi connectivity index (χ4n) is 2.82. The lowest BCUT2D eigenvalue weighted by atomic mass is 10.0. The van der Waals surface area contributed by atoms with Gasteiger partial charge in [-0.05, 0) is 29.2 Å². The van der Waals surface area contributed by atoms with Crippen LogP contribution in [0.25, 0.3) is 0 Å². The fourth-order valence-corrected chi connectivity index (χ4v) is 2.82. The zero-order chi connectivity index (χ0) is 16.4. The SMILES string of the molecule is CC(C)c1ccc(N2N=C(C(=O)O)C[C@@H]2c2ccccc2)cc1. The summed E-state index contributed by atoms with van der Waals surface area (Å²) in [7, 11) is 0. The molecule has 2 aromatic carbocycles. The molecule has 0 saturated heterocycles. The number of benzene rings is 2. The van der Waals surface area contributed by atoms with Crippen LogP contribution in [0.4, 0.5) is 5.69 Å². The summed E-state index contributed by atoms with van der Waals surface area (Å²) in [5, 5.41) is 15.5. The summed E-state index contributed by atoms with van der Waals surface area (Å²) in [6, 6.07) is 18.0. The van der Waals surface area contributed by atoms with Crippen LogP contribution in [0.15, 0.2) is 59.7 Å². The zero-order valence-corrected chi connectivity index (χ0v) is 13.3. The Balaban J connectivity index is 1.96. The van der Waals surface area contributed by atoms with Crippen molar-refractivity contribution in [1.82, 2.24) is 0 Å². The topological polar surface area (TPSA) is 52.9 Å². The molecule has 1 aliphatic heterocycles. The van der Waals surface area contributed by atoms with Crippen LogP contribution in [-0.4, -0.2) is 16.8 Å². The van der Waals surface area contributed by atoms with Crippen LogP contribution in [0.1, 0.15) is 43.4 Å².